The largest absolute Gasteiger partial charge is 0.383 e. The van der Waals surface area contributed by atoms with Crippen molar-refractivity contribution < 1.29 is 9.13 Å². The van der Waals surface area contributed by atoms with Crippen LogP contribution in [0.2, 0.25) is 0 Å². The van der Waals surface area contributed by atoms with Gasteiger partial charge in [-0.3, -0.25) is 0 Å². The number of aromatic nitrogens is 2. The maximum absolute atomic E-state index is 13.4. The molecule has 0 bridgehead atoms. The molecule has 0 aliphatic carbocycles. The Morgan fingerprint density at radius 1 is 1.42 bits per heavy atom. The predicted molar refractivity (Wildman–Crippen MR) is 71.8 cm³/mol. The van der Waals surface area contributed by atoms with Crippen molar-refractivity contribution in [3.8, 4) is 5.69 Å². The van der Waals surface area contributed by atoms with Crippen molar-refractivity contribution in [1.29, 1.82) is 0 Å². The van der Waals surface area contributed by atoms with Crippen LogP contribution in [0.1, 0.15) is 11.1 Å². The van der Waals surface area contributed by atoms with E-state index >= 15 is 0 Å². The van der Waals surface area contributed by atoms with Crippen molar-refractivity contribution in [2.24, 2.45) is 0 Å². The minimum atomic E-state index is -0.240. The zero-order valence-electron chi connectivity index (χ0n) is 11.2. The number of nitrogens with zero attached hydrogens (tertiary/aromatic N) is 2. The Morgan fingerprint density at radius 3 is 2.95 bits per heavy atom. The van der Waals surface area contributed by atoms with E-state index in [-0.39, 0.29) is 5.82 Å². The smallest absolute Gasteiger partial charge is 0.123 e. The summed E-state index contributed by atoms with van der Waals surface area (Å²) in [7, 11) is 1.65. The molecule has 0 unspecified atom stereocenters. The molecule has 0 fully saturated rings. The van der Waals surface area contributed by atoms with Gasteiger partial charge in [0.2, 0.25) is 0 Å². The van der Waals surface area contributed by atoms with Crippen LogP contribution in [0.25, 0.3) is 5.69 Å². The van der Waals surface area contributed by atoms with Gasteiger partial charge < -0.3 is 10.1 Å². The van der Waals surface area contributed by atoms with E-state index in [2.05, 4.69) is 10.4 Å². The molecule has 2 aromatic rings. The second kappa shape index (κ2) is 6.45. The van der Waals surface area contributed by atoms with Crippen LogP contribution in [0.4, 0.5) is 4.39 Å². The van der Waals surface area contributed by atoms with Crippen LogP contribution in [-0.4, -0.2) is 30.0 Å². The fourth-order valence-electron chi connectivity index (χ4n) is 1.86. The van der Waals surface area contributed by atoms with Crippen molar-refractivity contribution in [2.45, 2.75) is 13.5 Å². The van der Waals surface area contributed by atoms with Gasteiger partial charge in [0, 0.05) is 26.4 Å². The van der Waals surface area contributed by atoms with Gasteiger partial charge in [0.1, 0.15) is 5.82 Å². The molecule has 0 spiro atoms. The van der Waals surface area contributed by atoms with Crippen LogP contribution < -0.4 is 5.32 Å². The maximum atomic E-state index is 13.4. The molecule has 5 heteroatoms. The molecular formula is C14H18FN3O. The lowest BCUT2D eigenvalue weighted by molar-refractivity contribution is 0.199. The SMILES string of the molecule is COCCNCc1cc(F)ccc1-n1cc(C)cn1. The Bertz CT molecular complexity index is 539. The highest BCUT2D eigenvalue weighted by Gasteiger charge is 2.07. The molecule has 19 heavy (non-hydrogen) atoms. The van der Waals surface area contributed by atoms with Gasteiger partial charge in [-0.25, -0.2) is 9.07 Å². The summed E-state index contributed by atoms with van der Waals surface area (Å²) in [4.78, 5) is 0. The van der Waals surface area contributed by atoms with Crippen LogP contribution in [0.3, 0.4) is 0 Å². The number of rotatable bonds is 6. The van der Waals surface area contributed by atoms with Crippen molar-refractivity contribution in [1.82, 2.24) is 15.1 Å². The van der Waals surface area contributed by atoms with Crippen LogP contribution >= 0.6 is 0 Å². The van der Waals surface area contributed by atoms with Gasteiger partial charge in [0.15, 0.2) is 0 Å². The molecular weight excluding hydrogens is 245 g/mol. The number of methoxy groups -OCH3 is 1. The zero-order chi connectivity index (χ0) is 13.7. The quantitative estimate of drug-likeness (QED) is 0.811. The Kier molecular flexibility index (Phi) is 4.65. The van der Waals surface area contributed by atoms with Crippen molar-refractivity contribution in [2.75, 3.05) is 20.3 Å². The molecule has 1 aromatic carbocycles. The highest BCUT2D eigenvalue weighted by Crippen LogP contribution is 2.16. The highest BCUT2D eigenvalue weighted by atomic mass is 19.1. The monoisotopic (exact) mass is 263 g/mol. The normalized spacial score (nSPS) is 10.9. The van der Waals surface area contributed by atoms with Crippen LogP contribution in [-0.2, 0) is 11.3 Å². The van der Waals surface area contributed by atoms with E-state index in [4.69, 9.17) is 4.74 Å². The van der Waals surface area contributed by atoms with E-state index in [0.717, 1.165) is 23.4 Å². The zero-order valence-corrected chi connectivity index (χ0v) is 11.2. The number of hydrogen-bond donors (Lipinski definition) is 1. The fraction of sp³-hybridized carbons (Fsp3) is 0.357. The molecule has 0 radical (unpaired) electrons. The van der Waals surface area contributed by atoms with E-state index in [0.29, 0.717) is 13.2 Å². The summed E-state index contributed by atoms with van der Waals surface area (Å²) in [6.07, 6.45) is 3.71. The summed E-state index contributed by atoms with van der Waals surface area (Å²) >= 11 is 0. The molecule has 0 saturated carbocycles. The lowest BCUT2D eigenvalue weighted by atomic mass is 10.1. The van der Waals surface area contributed by atoms with E-state index < -0.39 is 0 Å². The lowest BCUT2D eigenvalue weighted by Crippen LogP contribution is -2.19. The van der Waals surface area contributed by atoms with Gasteiger partial charge in [-0.05, 0) is 36.2 Å². The average Bonchev–Trinajstić information content (AvgIpc) is 2.81. The third-order valence-electron chi connectivity index (χ3n) is 2.80. The van der Waals surface area contributed by atoms with Crippen LogP contribution in [0.15, 0.2) is 30.6 Å². The molecule has 0 atom stereocenters. The standard InChI is InChI=1S/C14H18FN3O/c1-11-8-17-18(10-11)14-4-3-13(15)7-12(14)9-16-5-6-19-2/h3-4,7-8,10,16H,5-6,9H2,1-2H3. The first-order valence-corrected chi connectivity index (χ1v) is 6.20. The lowest BCUT2D eigenvalue weighted by Gasteiger charge is -2.11. The summed E-state index contributed by atoms with van der Waals surface area (Å²) < 4.78 is 20.1. The first kappa shape index (κ1) is 13.7. The minimum Gasteiger partial charge on any atom is -0.383 e. The summed E-state index contributed by atoms with van der Waals surface area (Å²) in [6.45, 7) is 3.91. The predicted octanol–water partition coefficient (Wildman–Crippen LogP) is 2.06. The number of hydrogen-bond acceptors (Lipinski definition) is 3. The van der Waals surface area contributed by atoms with Gasteiger partial charge in [-0.2, -0.15) is 5.10 Å². The highest BCUT2D eigenvalue weighted by molar-refractivity contribution is 5.41. The Balaban J connectivity index is 2.18. The molecule has 1 N–H and O–H groups in total. The second-order valence-electron chi connectivity index (χ2n) is 4.40. The summed E-state index contributed by atoms with van der Waals surface area (Å²) in [5.74, 6) is -0.240. The van der Waals surface area contributed by atoms with Crippen LogP contribution in [0, 0.1) is 12.7 Å². The molecule has 4 nitrogen and oxygen atoms in total. The molecule has 0 amide bonds. The van der Waals surface area contributed by atoms with Gasteiger partial charge >= 0.3 is 0 Å². The van der Waals surface area contributed by atoms with Crippen molar-refractivity contribution in [3.63, 3.8) is 0 Å². The van der Waals surface area contributed by atoms with E-state index in [9.17, 15) is 4.39 Å². The second-order valence-corrected chi connectivity index (χ2v) is 4.40. The first-order valence-electron chi connectivity index (χ1n) is 6.20. The van der Waals surface area contributed by atoms with Gasteiger partial charge in [-0.1, -0.05) is 0 Å². The summed E-state index contributed by atoms with van der Waals surface area (Å²) in [6, 6.07) is 4.73. The third kappa shape index (κ3) is 3.62. The Morgan fingerprint density at radius 2 is 2.26 bits per heavy atom. The van der Waals surface area contributed by atoms with Crippen molar-refractivity contribution >= 4 is 0 Å². The topological polar surface area (TPSA) is 39.1 Å². The molecule has 0 saturated heterocycles. The van der Waals surface area contributed by atoms with Gasteiger partial charge in [0.05, 0.1) is 18.5 Å². The Labute approximate surface area is 112 Å². The average molecular weight is 263 g/mol. The van der Waals surface area contributed by atoms with E-state index in [1.54, 1.807) is 24.1 Å². The number of ether oxygens (including phenoxy) is 1. The van der Waals surface area contributed by atoms with Gasteiger partial charge in [0.25, 0.3) is 0 Å². The number of nitrogens with one attached hydrogen (secondary N) is 1. The summed E-state index contributed by atoms with van der Waals surface area (Å²) in [5, 5.41) is 7.48. The summed E-state index contributed by atoms with van der Waals surface area (Å²) in [5.41, 5.74) is 2.83. The minimum absolute atomic E-state index is 0.240. The van der Waals surface area contributed by atoms with E-state index in [1.807, 2.05) is 13.1 Å². The number of halogens is 1. The molecule has 1 aromatic heterocycles. The van der Waals surface area contributed by atoms with Crippen LogP contribution in [0.5, 0.6) is 0 Å². The molecule has 0 aliphatic heterocycles. The first-order chi connectivity index (χ1) is 9.20. The number of benzene rings is 1. The Hall–Kier alpha value is -1.72. The number of aryl methyl sites for hydroxylation is 1. The third-order valence-corrected chi connectivity index (χ3v) is 2.80. The fourth-order valence-corrected chi connectivity index (χ4v) is 1.86. The molecule has 0 aliphatic rings. The van der Waals surface area contributed by atoms with Crippen molar-refractivity contribution in [3.05, 3.63) is 47.5 Å². The molecule has 1 heterocycles. The molecule has 2 rings (SSSR count). The molecule has 102 valence electrons. The maximum Gasteiger partial charge on any atom is 0.123 e. The van der Waals surface area contributed by atoms with Gasteiger partial charge in [-0.15, -0.1) is 0 Å². The van der Waals surface area contributed by atoms with E-state index in [1.165, 1.54) is 12.1 Å².